The van der Waals surface area contributed by atoms with E-state index < -0.39 is 0 Å². The van der Waals surface area contributed by atoms with Gasteiger partial charge in [0.1, 0.15) is 11.2 Å². The molecule has 34 heavy (non-hydrogen) atoms. The topological polar surface area (TPSA) is 86.4 Å². The van der Waals surface area contributed by atoms with Crippen LogP contribution >= 0.6 is 0 Å². The number of aromatic nitrogens is 6. The monoisotopic (exact) mass is 447 g/mol. The lowest BCUT2D eigenvalue weighted by Gasteiger charge is -2.12. The van der Waals surface area contributed by atoms with Gasteiger partial charge in [-0.2, -0.15) is 5.10 Å². The number of hydrogen-bond donors (Lipinski definition) is 2. The molecule has 168 valence electrons. The summed E-state index contributed by atoms with van der Waals surface area (Å²) < 4.78 is 0. The first kappa shape index (κ1) is 21.3. The Morgan fingerprint density at radius 1 is 1.09 bits per heavy atom. The van der Waals surface area contributed by atoms with Crippen molar-refractivity contribution in [3.05, 3.63) is 96.7 Å². The Labute approximate surface area is 197 Å². The molecule has 0 unspecified atom stereocenters. The van der Waals surface area contributed by atoms with Gasteiger partial charge < -0.3 is 9.88 Å². The molecule has 0 spiro atoms. The van der Waals surface area contributed by atoms with Crippen molar-refractivity contribution in [3.8, 4) is 22.6 Å². The van der Waals surface area contributed by atoms with Crippen molar-refractivity contribution in [2.75, 3.05) is 19.0 Å². The molecule has 5 aromatic heterocycles. The molecular formula is C27H25N7. The van der Waals surface area contributed by atoms with Crippen molar-refractivity contribution in [1.29, 1.82) is 0 Å². The summed E-state index contributed by atoms with van der Waals surface area (Å²) in [6.45, 7) is 5.93. The fourth-order valence-corrected chi connectivity index (χ4v) is 3.98. The van der Waals surface area contributed by atoms with Gasteiger partial charge in [-0.1, -0.05) is 24.8 Å². The second kappa shape index (κ2) is 8.78. The lowest BCUT2D eigenvalue weighted by atomic mass is 10.0. The summed E-state index contributed by atoms with van der Waals surface area (Å²) in [7, 11) is 3.99. The second-order valence-corrected chi connectivity index (χ2v) is 8.24. The zero-order valence-electron chi connectivity index (χ0n) is 19.4. The maximum atomic E-state index is 4.95. The van der Waals surface area contributed by atoms with Crippen LogP contribution in [-0.2, 0) is 0 Å². The van der Waals surface area contributed by atoms with Crippen molar-refractivity contribution in [3.63, 3.8) is 0 Å². The number of aromatic amines is 2. The van der Waals surface area contributed by atoms with Crippen LogP contribution < -0.4 is 4.90 Å². The average molecular weight is 448 g/mol. The molecule has 0 bridgehead atoms. The van der Waals surface area contributed by atoms with Crippen LogP contribution in [0.3, 0.4) is 0 Å². The van der Waals surface area contributed by atoms with E-state index in [1.807, 2.05) is 74.7 Å². The third-order valence-corrected chi connectivity index (χ3v) is 5.73. The fraction of sp³-hybridized carbons (Fsp3) is 0.111. The lowest BCUT2D eigenvalue weighted by molar-refractivity contribution is 1.11. The molecule has 0 fully saturated rings. The van der Waals surface area contributed by atoms with E-state index in [1.165, 1.54) is 0 Å². The fourth-order valence-electron chi connectivity index (χ4n) is 3.98. The van der Waals surface area contributed by atoms with E-state index in [4.69, 9.17) is 4.98 Å². The van der Waals surface area contributed by atoms with E-state index >= 15 is 0 Å². The minimum Gasteiger partial charge on any atom is -0.376 e. The molecular weight excluding hydrogens is 422 g/mol. The highest BCUT2D eigenvalue weighted by Gasteiger charge is 2.17. The standard InChI is InChI=1S/C27H25N7/c1-5-8-20(23-9-6-7-12-29-23)21-14-25(30-17(21)2)27-26-24(32-33-27)11-10-22(31-26)18-13-19(34(3)4)16-28-15-18/h5-16,30H,1H2,2-4H3,(H,32,33)/b20-8+. The molecule has 5 heterocycles. The van der Waals surface area contributed by atoms with Gasteiger partial charge in [0.25, 0.3) is 0 Å². The van der Waals surface area contributed by atoms with Gasteiger partial charge in [0.15, 0.2) is 0 Å². The third kappa shape index (κ3) is 3.88. The number of anilines is 1. The summed E-state index contributed by atoms with van der Waals surface area (Å²) in [5.41, 5.74) is 10.1. The summed E-state index contributed by atoms with van der Waals surface area (Å²) >= 11 is 0. The summed E-state index contributed by atoms with van der Waals surface area (Å²) in [6, 6.07) is 14.0. The Bertz CT molecular complexity index is 1510. The van der Waals surface area contributed by atoms with Crippen molar-refractivity contribution in [1.82, 2.24) is 30.1 Å². The Balaban J connectivity index is 1.59. The zero-order chi connectivity index (χ0) is 23.7. The predicted octanol–water partition coefficient (Wildman–Crippen LogP) is 5.40. The SMILES string of the molecule is C=C/C=C(/c1ccccn1)c1cc(-c2n[nH]c3ccc(-c4cncc(N(C)C)c4)nc23)[nH]c1C. The summed E-state index contributed by atoms with van der Waals surface area (Å²) in [5, 5.41) is 7.69. The summed E-state index contributed by atoms with van der Waals surface area (Å²) in [5.74, 6) is 0. The molecule has 0 amide bonds. The lowest BCUT2D eigenvalue weighted by Crippen LogP contribution is -2.08. The highest BCUT2D eigenvalue weighted by molar-refractivity contribution is 5.92. The Morgan fingerprint density at radius 2 is 1.97 bits per heavy atom. The molecule has 0 aliphatic heterocycles. The van der Waals surface area contributed by atoms with E-state index in [0.717, 1.165) is 61.9 Å². The molecule has 0 aliphatic carbocycles. The second-order valence-electron chi connectivity index (χ2n) is 8.24. The number of H-pyrrole nitrogens is 2. The van der Waals surface area contributed by atoms with E-state index in [-0.39, 0.29) is 0 Å². The van der Waals surface area contributed by atoms with Crippen LogP contribution in [0.25, 0.3) is 39.3 Å². The molecule has 0 saturated carbocycles. The van der Waals surface area contributed by atoms with Crippen LogP contribution in [0.1, 0.15) is 17.0 Å². The van der Waals surface area contributed by atoms with Crippen molar-refractivity contribution in [2.45, 2.75) is 6.92 Å². The largest absolute Gasteiger partial charge is 0.376 e. The van der Waals surface area contributed by atoms with Gasteiger partial charge in [0.05, 0.1) is 34.5 Å². The molecule has 7 heteroatoms. The average Bonchev–Trinajstić information content (AvgIpc) is 3.46. The van der Waals surface area contributed by atoms with Gasteiger partial charge in [0.2, 0.25) is 0 Å². The quantitative estimate of drug-likeness (QED) is 0.340. The van der Waals surface area contributed by atoms with Crippen LogP contribution in [0.15, 0.2) is 79.8 Å². The molecule has 0 saturated heterocycles. The number of nitrogens with zero attached hydrogens (tertiary/aromatic N) is 5. The Kier molecular flexibility index (Phi) is 5.51. The van der Waals surface area contributed by atoms with E-state index in [2.05, 4.69) is 43.9 Å². The highest BCUT2D eigenvalue weighted by Crippen LogP contribution is 2.32. The van der Waals surface area contributed by atoms with Gasteiger partial charge >= 0.3 is 0 Å². The number of fused-ring (bicyclic) bond motifs is 1. The molecule has 2 N–H and O–H groups in total. The first-order chi connectivity index (χ1) is 16.5. The first-order valence-corrected chi connectivity index (χ1v) is 11.0. The van der Waals surface area contributed by atoms with Crippen LogP contribution in [0, 0.1) is 6.92 Å². The summed E-state index contributed by atoms with van der Waals surface area (Å²) in [6.07, 6.45) is 9.22. The number of hydrogen-bond acceptors (Lipinski definition) is 5. The van der Waals surface area contributed by atoms with Crippen molar-refractivity contribution < 1.29 is 0 Å². The first-order valence-electron chi connectivity index (χ1n) is 11.0. The number of aryl methyl sites for hydroxylation is 1. The van der Waals surface area contributed by atoms with Crippen molar-refractivity contribution >= 4 is 22.3 Å². The maximum Gasteiger partial charge on any atom is 0.135 e. The molecule has 0 aromatic carbocycles. The normalized spacial score (nSPS) is 11.7. The highest BCUT2D eigenvalue weighted by atomic mass is 15.1. The van der Waals surface area contributed by atoms with Gasteiger partial charge in [0, 0.05) is 48.9 Å². The van der Waals surface area contributed by atoms with Gasteiger partial charge in [-0.05, 0) is 43.3 Å². The molecule has 0 radical (unpaired) electrons. The van der Waals surface area contributed by atoms with Gasteiger partial charge in [-0.25, -0.2) is 4.98 Å². The molecule has 0 aliphatic rings. The molecule has 0 atom stereocenters. The molecule has 7 nitrogen and oxygen atoms in total. The third-order valence-electron chi connectivity index (χ3n) is 5.73. The smallest absolute Gasteiger partial charge is 0.135 e. The van der Waals surface area contributed by atoms with Gasteiger partial charge in [-0.15, -0.1) is 0 Å². The van der Waals surface area contributed by atoms with Gasteiger partial charge in [-0.3, -0.25) is 15.1 Å². The summed E-state index contributed by atoms with van der Waals surface area (Å²) in [4.78, 5) is 19.4. The number of rotatable bonds is 6. The van der Waals surface area contributed by atoms with Crippen LogP contribution in [-0.4, -0.2) is 44.2 Å². The zero-order valence-corrected chi connectivity index (χ0v) is 19.4. The minimum absolute atomic E-state index is 0.766. The Hall–Kier alpha value is -4.52. The number of allylic oxidation sites excluding steroid dienone is 2. The van der Waals surface area contributed by atoms with E-state index in [9.17, 15) is 0 Å². The van der Waals surface area contributed by atoms with E-state index in [1.54, 1.807) is 12.3 Å². The maximum absolute atomic E-state index is 4.95. The number of pyridine rings is 3. The minimum atomic E-state index is 0.766. The Morgan fingerprint density at radius 3 is 2.74 bits per heavy atom. The van der Waals surface area contributed by atoms with Crippen LogP contribution in [0.5, 0.6) is 0 Å². The number of nitrogens with one attached hydrogen (secondary N) is 2. The predicted molar refractivity (Wildman–Crippen MR) is 137 cm³/mol. The van der Waals surface area contributed by atoms with Crippen LogP contribution in [0.2, 0.25) is 0 Å². The van der Waals surface area contributed by atoms with E-state index in [0.29, 0.717) is 0 Å². The van der Waals surface area contributed by atoms with Crippen molar-refractivity contribution in [2.24, 2.45) is 0 Å². The van der Waals surface area contributed by atoms with Crippen LogP contribution in [0.4, 0.5) is 5.69 Å². The molecule has 5 rings (SSSR count). The molecule has 5 aromatic rings.